The second-order valence-corrected chi connectivity index (χ2v) is 10.9. The van der Waals surface area contributed by atoms with E-state index in [2.05, 4.69) is 25.8 Å². The van der Waals surface area contributed by atoms with Crippen molar-refractivity contribution in [3.8, 4) is 16.3 Å². The minimum absolute atomic E-state index is 0.0144. The lowest BCUT2D eigenvalue weighted by Crippen LogP contribution is -2.47. The van der Waals surface area contributed by atoms with Crippen LogP contribution in [0.4, 0.5) is 30.1 Å². The van der Waals surface area contributed by atoms with E-state index in [9.17, 15) is 18.4 Å². The van der Waals surface area contributed by atoms with Crippen LogP contribution in [0.3, 0.4) is 0 Å². The number of urea groups is 1. The summed E-state index contributed by atoms with van der Waals surface area (Å²) in [6, 6.07) is 13.5. The predicted octanol–water partition coefficient (Wildman–Crippen LogP) is 4.86. The van der Waals surface area contributed by atoms with Gasteiger partial charge in [-0.2, -0.15) is 0 Å². The van der Waals surface area contributed by atoms with Crippen LogP contribution < -0.4 is 25.3 Å². The van der Waals surface area contributed by atoms with Gasteiger partial charge in [-0.3, -0.25) is 14.5 Å². The Kier molecular flexibility index (Phi) is 8.80. The van der Waals surface area contributed by atoms with Crippen molar-refractivity contribution in [2.45, 2.75) is 13.1 Å². The van der Waals surface area contributed by atoms with Gasteiger partial charge < -0.3 is 19.9 Å². The molecule has 224 valence electrons. The van der Waals surface area contributed by atoms with E-state index in [4.69, 9.17) is 4.74 Å². The number of amides is 3. The second-order valence-electron chi connectivity index (χ2n) is 9.87. The highest BCUT2D eigenvalue weighted by Crippen LogP contribution is 2.46. The molecular formula is C29H29F2N7O4S. The van der Waals surface area contributed by atoms with Crippen LogP contribution in [-0.2, 0) is 17.9 Å². The number of hydrogen-bond acceptors (Lipinski definition) is 9. The van der Waals surface area contributed by atoms with Gasteiger partial charge in [-0.1, -0.05) is 18.2 Å². The summed E-state index contributed by atoms with van der Waals surface area (Å²) >= 11 is 1.36. The maximum Gasteiger partial charge on any atom is 0.343 e. The Morgan fingerprint density at radius 1 is 1.02 bits per heavy atom. The smallest absolute Gasteiger partial charge is 0.343 e. The minimum Gasteiger partial charge on any atom is -0.480 e. The maximum absolute atomic E-state index is 14.8. The zero-order chi connectivity index (χ0) is 30.7. The standard InChI is InChI=1S/C29H29F2N7O4S/c1-36(2)14-20-25-27(39)38(23-12-13-24(41-3)34-33-23)16-37(15-19-21(30)6-5-7-22(19)31)28(25)43-26(20)17-8-10-18(11-9-17)32-29(40)35-42-4/h5-13H,14-16H2,1-4H3,(H2,32,35,40). The van der Waals surface area contributed by atoms with Crippen LogP contribution in [0.25, 0.3) is 10.4 Å². The van der Waals surface area contributed by atoms with Crippen molar-refractivity contribution in [1.82, 2.24) is 20.6 Å². The highest BCUT2D eigenvalue weighted by atomic mass is 32.1. The van der Waals surface area contributed by atoms with Gasteiger partial charge in [0.2, 0.25) is 5.88 Å². The summed E-state index contributed by atoms with van der Waals surface area (Å²) in [4.78, 5) is 36.6. The van der Waals surface area contributed by atoms with E-state index >= 15 is 0 Å². The molecule has 14 heteroatoms. The quantitative estimate of drug-likeness (QED) is 0.259. The molecule has 5 rings (SSSR count). The van der Waals surface area contributed by atoms with Crippen LogP contribution in [0.2, 0.25) is 0 Å². The van der Waals surface area contributed by atoms with Gasteiger partial charge in [-0.25, -0.2) is 19.1 Å². The number of hydroxylamine groups is 1. The molecule has 4 aromatic rings. The van der Waals surface area contributed by atoms with Gasteiger partial charge in [-0.15, -0.1) is 21.5 Å². The summed E-state index contributed by atoms with van der Waals surface area (Å²) < 4.78 is 34.8. The number of ether oxygens (including phenoxy) is 1. The number of carbonyl (C=O) groups excluding carboxylic acids is 2. The number of thiophene rings is 1. The number of nitrogens with zero attached hydrogens (tertiary/aromatic N) is 5. The first-order chi connectivity index (χ1) is 20.7. The molecule has 3 amide bonds. The molecule has 1 aliphatic heterocycles. The number of halogens is 2. The monoisotopic (exact) mass is 609 g/mol. The Balaban J connectivity index is 1.62. The number of benzene rings is 2. The van der Waals surface area contributed by atoms with Gasteiger partial charge in [0.05, 0.1) is 26.3 Å². The third-order valence-electron chi connectivity index (χ3n) is 6.64. The van der Waals surface area contributed by atoms with E-state index in [1.807, 2.05) is 31.1 Å². The van der Waals surface area contributed by atoms with Crippen LogP contribution in [0, 0.1) is 11.6 Å². The van der Waals surface area contributed by atoms with Gasteiger partial charge in [0.15, 0.2) is 5.82 Å². The van der Waals surface area contributed by atoms with Crippen LogP contribution in [-0.4, -0.2) is 62.0 Å². The Bertz CT molecular complexity index is 1610. The number of fused-ring (bicyclic) bond motifs is 1. The van der Waals surface area contributed by atoms with Gasteiger partial charge in [0, 0.05) is 28.7 Å². The van der Waals surface area contributed by atoms with Crippen molar-refractivity contribution in [3.63, 3.8) is 0 Å². The predicted molar refractivity (Wildman–Crippen MR) is 159 cm³/mol. The van der Waals surface area contributed by atoms with Crippen LogP contribution in [0.1, 0.15) is 21.5 Å². The summed E-state index contributed by atoms with van der Waals surface area (Å²) in [6.45, 7) is 0.268. The Labute approximate surface area is 250 Å². The highest BCUT2D eigenvalue weighted by Gasteiger charge is 2.37. The van der Waals surface area contributed by atoms with Crippen molar-refractivity contribution in [3.05, 3.63) is 82.9 Å². The summed E-state index contributed by atoms with van der Waals surface area (Å²) in [6.07, 6.45) is 0. The molecule has 0 saturated heterocycles. The molecule has 2 aromatic heterocycles. The van der Waals surface area contributed by atoms with E-state index in [0.29, 0.717) is 22.8 Å². The van der Waals surface area contributed by atoms with E-state index in [-0.39, 0.29) is 36.4 Å². The average molecular weight is 610 g/mol. The zero-order valence-corrected chi connectivity index (χ0v) is 24.7. The maximum atomic E-state index is 14.8. The number of hydrogen-bond donors (Lipinski definition) is 2. The number of anilines is 3. The molecule has 2 aromatic carbocycles. The van der Waals surface area contributed by atoms with Gasteiger partial charge >= 0.3 is 6.03 Å². The fraction of sp³-hybridized carbons (Fsp3) is 0.241. The number of nitrogens with one attached hydrogen (secondary N) is 2. The van der Waals surface area contributed by atoms with E-state index in [1.165, 1.54) is 48.7 Å². The summed E-state index contributed by atoms with van der Waals surface area (Å²) in [5.74, 6) is -1.12. The van der Waals surface area contributed by atoms with Crippen molar-refractivity contribution in [2.24, 2.45) is 0 Å². The molecule has 0 bridgehead atoms. The molecule has 0 spiro atoms. The van der Waals surface area contributed by atoms with Gasteiger partial charge in [0.25, 0.3) is 5.91 Å². The van der Waals surface area contributed by atoms with Gasteiger partial charge in [-0.05, 0) is 55.6 Å². The Morgan fingerprint density at radius 3 is 2.35 bits per heavy atom. The summed E-state index contributed by atoms with van der Waals surface area (Å²) in [7, 11) is 6.58. The van der Waals surface area contributed by atoms with Crippen LogP contribution in [0.15, 0.2) is 54.6 Å². The molecule has 0 atom stereocenters. The molecule has 0 fully saturated rings. The molecule has 0 radical (unpaired) electrons. The molecule has 0 aliphatic carbocycles. The van der Waals surface area contributed by atoms with Gasteiger partial charge in [0.1, 0.15) is 23.3 Å². The number of carbonyl (C=O) groups is 2. The lowest BCUT2D eigenvalue weighted by atomic mass is 10.0. The molecule has 2 N–H and O–H groups in total. The van der Waals surface area contributed by atoms with Crippen molar-refractivity contribution in [1.29, 1.82) is 0 Å². The van der Waals surface area contributed by atoms with Crippen LogP contribution in [0.5, 0.6) is 5.88 Å². The molecular weight excluding hydrogens is 580 g/mol. The first-order valence-corrected chi connectivity index (χ1v) is 13.9. The fourth-order valence-corrected chi connectivity index (χ4v) is 6.02. The van der Waals surface area contributed by atoms with Crippen molar-refractivity contribution >= 4 is 39.8 Å². The minimum atomic E-state index is -0.680. The largest absolute Gasteiger partial charge is 0.480 e. The lowest BCUT2D eigenvalue weighted by molar-refractivity contribution is 0.0980. The first kappa shape index (κ1) is 29.8. The third kappa shape index (κ3) is 6.26. The van der Waals surface area contributed by atoms with Crippen molar-refractivity contribution < 1.29 is 27.9 Å². The molecule has 11 nitrogen and oxygen atoms in total. The topological polar surface area (TPSA) is 112 Å². The van der Waals surface area contributed by atoms with E-state index < -0.39 is 17.7 Å². The normalized spacial score (nSPS) is 12.9. The number of rotatable bonds is 9. The van der Waals surface area contributed by atoms with E-state index in [1.54, 1.807) is 29.2 Å². The lowest BCUT2D eigenvalue weighted by Gasteiger charge is -2.36. The molecule has 0 unspecified atom stereocenters. The molecule has 43 heavy (non-hydrogen) atoms. The second kappa shape index (κ2) is 12.7. The number of methoxy groups -OCH3 is 1. The Hall–Kier alpha value is -4.66. The molecule has 3 heterocycles. The number of aromatic nitrogens is 2. The average Bonchev–Trinajstić information content (AvgIpc) is 3.36. The third-order valence-corrected chi connectivity index (χ3v) is 7.99. The van der Waals surface area contributed by atoms with Crippen molar-refractivity contribution in [2.75, 3.05) is 50.1 Å². The fourth-order valence-electron chi connectivity index (χ4n) is 4.72. The molecule has 0 saturated carbocycles. The Morgan fingerprint density at radius 2 is 1.74 bits per heavy atom. The van der Waals surface area contributed by atoms with Crippen LogP contribution >= 0.6 is 11.3 Å². The highest BCUT2D eigenvalue weighted by molar-refractivity contribution is 7.20. The first-order valence-electron chi connectivity index (χ1n) is 13.1. The van der Waals surface area contributed by atoms with E-state index in [0.717, 1.165) is 16.0 Å². The summed E-state index contributed by atoms with van der Waals surface area (Å²) in [5.41, 5.74) is 4.58. The summed E-state index contributed by atoms with van der Waals surface area (Å²) in [5, 5.41) is 11.4. The molecule has 1 aliphatic rings. The SMILES string of the molecule is CONC(=O)Nc1ccc(-c2sc3c(c2CN(C)C)C(=O)N(c2ccc(OC)nn2)CN3Cc2c(F)cccc2F)cc1. The zero-order valence-electron chi connectivity index (χ0n) is 23.9.